The third-order valence-corrected chi connectivity index (χ3v) is 0.668. The van der Waals surface area contributed by atoms with Crippen LogP contribution in [0.1, 0.15) is 13.8 Å². The minimum Gasteiger partial charge on any atom is -0.387 e. The van der Waals surface area contributed by atoms with Gasteiger partial charge in [-0.15, -0.1) is 0 Å². The van der Waals surface area contributed by atoms with E-state index < -0.39 is 0 Å². The molecule has 0 unspecified atom stereocenters. The van der Waals surface area contributed by atoms with Crippen molar-refractivity contribution in [2.75, 3.05) is 0 Å². The van der Waals surface area contributed by atoms with Gasteiger partial charge in [-0.2, -0.15) is 0 Å². The largest absolute Gasteiger partial charge is 0.387 e. The summed E-state index contributed by atoms with van der Waals surface area (Å²) in [5, 5.41) is 0. The zero-order valence-corrected chi connectivity index (χ0v) is 5.83. The highest BCUT2D eigenvalue weighted by molar-refractivity contribution is 5.77. The number of hydrogen-bond donors (Lipinski definition) is 1. The molecule has 0 aliphatic carbocycles. The Balaban J connectivity index is 3.60. The summed E-state index contributed by atoms with van der Waals surface area (Å²) in [7, 11) is 0. The predicted octanol–water partition coefficient (Wildman–Crippen LogP) is 1.45. The van der Waals surface area contributed by atoms with Gasteiger partial charge in [-0.1, -0.05) is 12.2 Å². The highest BCUT2D eigenvalue weighted by Gasteiger charge is 1.67. The summed E-state index contributed by atoms with van der Waals surface area (Å²) in [5.74, 6) is 0.579. The Kier molecular flexibility index (Phi) is 4.50. The average molecular weight is 124 g/mol. The molecule has 0 aromatic rings. The molecule has 0 aliphatic heterocycles. The molecule has 0 aromatic heterocycles. The van der Waals surface area contributed by atoms with Crippen LogP contribution in [0.25, 0.3) is 0 Å². The maximum Gasteiger partial charge on any atom is 0.0957 e. The zero-order valence-electron chi connectivity index (χ0n) is 5.83. The molecule has 0 spiro atoms. The lowest BCUT2D eigenvalue weighted by atomic mass is 10.5. The number of rotatable bonds is 2. The van der Waals surface area contributed by atoms with Crippen LogP contribution in [0, 0.1) is 0 Å². The monoisotopic (exact) mass is 124 g/mol. The minimum absolute atomic E-state index is 0.579. The molecule has 0 saturated carbocycles. The fourth-order valence-corrected chi connectivity index (χ4v) is 0.321. The van der Waals surface area contributed by atoms with E-state index in [1.165, 1.54) is 0 Å². The van der Waals surface area contributed by atoms with E-state index in [9.17, 15) is 0 Å². The van der Waals surface area contributed by atoms with Crippen molar-refractivity contribution in [3.05, 3.63) is 24.4 Å². The van der Waals surface area contributed by atoms with Gasteiger partial charge in [0.25, 0.3) is 0 Å². The van der Waals surface area contributed by atoms with Gasteiger partial charge in [0.05, 0.1) is 5.84 Å². The normalized spacial score (nSPS) is 13.8. The van der Waals surface area contributed by atoms with Crippen LogP contribution in [-0.4, -0.2) is 5.84 Å². The first kappa shape index (κ1) is 7.95. The van der Waals surface area contributed by atoms with Crippen molar-refractivity contribution >= 4 is 5.84 Å². The molecule has 2 N–H and O–H groups in total. The first-order chi connectivity index (χ1) is 4.27. The van der Waals surface area contributed by atoms with Crippen LogP contribution >= 0.6 is 0 Å². The quantitative estimate of drug-likeness (QED) is 0.338. The molecule has 50 valence electrons. The first-order valence-corrected chi connectivity index (χ1v) is 2.85. The van der Waals surface area contributed by atoms with Crippen LogP contribution in [0.2, 0.25) is 0 Å². The average Bonchev–Trinajstić information content (AvgIpc) is 1.80. The van der Waals surface area contributed by atoms with Crippen molar-refractivity contribution in [3.63, 3.8) is 0 Å². The van der Waals surface area contributed by atoms with Crippen LogP contribution in [0.3, 0.4) is 0 Å². The summed E-state index contributed by atoms with van der Waals surface area (Å²) in [4.78, 5) is 3.82. The van der Waals surface area contributed by atoms with Gasteiger partial charge >= 0.3 is 0 Å². The van der Waals surface area contributed by atoms with Gasteiger partial charge in [0.2, 0.25) is 0 Å². The Hall–Kier alpha value is -1.05. The van der Waals surface area contributed by atoms with E-state index in [0.717, 1.165) is 0 Å². The topological polar surface area (TPSA) is 38.4 Å². The van der Waals surface area contributed by atoms with Crippen molar-refractivity contribution < 1.29 is 0 Å². The van der Waals surface area contributed by atoms with Gasteiger partial charge in [-0.05, 0) is 19.9 Å². The smallest absolute Gasteiger partial charge is 0.0957 e. The number of nitrogens with zero attached hydrogens (tertiary/aromatic N) is 1. The molecular formula is C7H12N2. The summed E-state index contributed by atoms with van der Waals surface area (Å²) < 4.78 is 0. The molecule has 0 aliphatic rings. The molecule has 9 heavy (non-hydrogen) atoms. The van der Waals surface area contributed by atoms with Gasteiger partial charge in [-0.3, -0.25) is 0 Å². The summed E-state index contributed by atoms with van der Waals surface area (Å²) >= 11 is 0. The SMILES string of the molecule is C\C=C/C=C\N=C(\C)N. The van der Waals surface area contributed by atoms with E-state index >= 15 is 0 Å². The van der Waals surface area contributed by atoms with E-state index in [1.54, 1.807) is 13.1 Å². The molecule has 0 heterocycles. The van der Waals surface area contributed by atoms with Crippen LogP contribution in [0.15, 0.2) is 29.4 Å². The maximum atomic E-state index is 5.25. The number of amidine groups is 1. The zero-order chi connectivity index (χ0) is 7.11. The standard InChI is InChI=1S/C7H12N2/c1-3-4-5-6-9-7(2)8/h3-6H,1-2H3,(H2,8,9)/b4-3-,6-5-. The molecule has 0 rings (SSSR count). The summed E-state index contributed by atoms with van der Waals surface area (Å²) in [5.41, 5.74) is 5.25. The number of hydrogen-bond acceptors (Lipinski definition) is 1. The van der Waals surface area contributed by atoms with Crippen LogP contribution in [0.5, 0.6) is 0 Å². The number of nitrogens with two attached hydrogens (primary N) is 1. The molecule has 0 radical (unpaired) electrons. The Morgan fingerprint density at radius 3 is 2.56 bits per heavy atom. The Labute approximate surface area is 55.8 Å². The summed E-state index contributed by atoms with van der Waals surface area (Å²) in [6.07, 6.45) is 7.32. The molecule has 0 saturated heterocycles. The molecule has 0 amide bonds. The van der Waals surface area contributed by atoms with Crippen LogP contribution < -0.4 is 5.73 Å². The minimum atomic E-state index is 0.579. The third kappa shape index (κ3) is 6.95. The molecule has 0 fully saturated rings. The van der Waals surface area contributed by atoms with Gasteiger partial charge in [0.15, 0.2) is 0 Å². The molecular weight excluding hydrogens is 112 g/mol. The summed E-state index contributed by atoms with van der Waals surface area (Å²) in [6.45, 7) is 3.70. The fraction of sp³-hybridized carbons (Fsp3) is 0.286. The van der Waals surface area contributed by atoms with E-state index in [-0.39, 0.29) is 0 Å². The third-order valence-electron chi connectivity index (χ3n) is 0.668. The van der Waals surface area contributed by atoms with Gasteiger partial charge in [0, 0.05) is 6.20 Å². The second-order valence-corrected chi connectivity index (χ2v) is 1.64. The lowest BCUT2D eigenvalue weighted by Crippen LogP contribution is -2.03. The van der Waals surface area contributed by atoms with Gasteiger partial charge in [-0.25, -0.2) is 4.99 Å². The van der Waals surface area contributed by atoms with Crippen molar-refractivity contribution in [1.29, 1.82) is 0 Å². The van der Waals surface area contributed by atoms with Crippen LogP contribution in [-0.2, 0) is 0 Å². The fourth-order valence-electron chi connectivity index (χ4n) is 0.321. The van der Waals surface area contributed by atoms with Crippen LogP contribution in [0.4, 0.5) is 0 Å². The lowest BCUT2D eigenvalue weighted by molar-refractivity contribution is 1.46. The maximum absolute atomic E-state index is 5.25. The Morgan fingerprint density at radius 2 is 2.11 bits per heavy atom. The molecule has 0 atom stereocenters. The Morgan fingerprint density at radius 1 is 1.44 bits per heavy atom. The second-order valence-electron chi connectivity index (χ2n) is 1.64. The van der Waals surface area contributed by atoms with Gasteiger partial charge in [0.1, 0.15) is 0 Å². The lowest BCUT2D eigenvalue weighted by Gasteiger charge is -1.80. The molecule has 2 heteroatoms. The van der Waals surface area contributed by atoms with Gasteiger partial charge < -0.3 is 5.73 Å². The van der Waals surface area contributed by atoms with Crippen molar-refractivity contribution in [3.8, 4) is 0 Å². The molecule has 0 bridgehead atoms. The van der Waals surface area contributed by atoms with E-state index in [4.69, 9.17) is 5.73 Å². The predicted molar refractivity (Wildman–Crippen MR) is 41.3 cm³/mol. The Bertz CT molecular complexity index is 139. The van der Waals surface area contributed by atoms with Crippen molar-refractivity contribution in [2.45, 2.75) is 13.8 Å². The van der Waals surface area contributed by atoms with E-state index in [1.807, 2.05) is 25.2 Å². The highest BCUT2D eigenvalue weighted by Crippen LogP contribution is 1.77. The number of aliphatic imine (C=N–C) groups is 1. The van der Waals surface area contributed by atoms with Crippen molar-refractivity contribution in [1.82, 2.24) is 0 Å². The molecule has 0 aromatic carbocycles. The second kappa shape index (κ2) is 5.09. The first-order valence-electron chi connectivity index (χ1n) is 2.85. The number of allylic oxidation sites excluding steroid dienone is 3. The highest BCUT2D eigenvalue weighted by atomic mass is 14.8. The van der Waals surface area contributed by atoms with E-state index in [2.05, 4.69) is 4.99 Å². The molecule has 2 nitrogen and oxygen atoms in total. The van der Waals surface area contributed by atoms with Crippen molar-refractivity contribution in [2.24, 2.45) is 10.7 Å². The van der Waals surface area contributed by atoms with E-state index in [0.29, 0.717) is 5.84 Å². The summed E-state index contributed by atoms with van der Waals surface area (Å²) in [6, 6.07) is 0.